The third-order valence-electron chi connectivity index (χ3n) is 16.9. The highest BCUT2D eigenvalue weighted by Crippen LogP contribution is 2.75. The third kappa shape index (κ3) is 5.95. The van der Waals surface area contributed by atoms with Crippen molar-refractivity contribution < 1.29 is 32.7 Å². The molecule has 0 aliphatic heterocycles. The lowest BCUT2D eigenvalue weighted by Gasteiger charge is -2.70. The van der Waals surface area contributed by atoms with Crippen LogP contribution in [0.25, 0.3) is 0 Å². The first-order chi connectivity index (χ1) is 26.9. The van der Waals surface area contributed by atoms with Gasteiger partial charge in [0.25, 0.3) is 0 Å². The molecule has 2 N–H and O–H groups in total. The number of allylic oxidation sites excluding steroid dienone is 2. The minimum atomic E-state index is -1.05. The van der Waals surface area contributed by atoms with Crippen LogP contribution in [0, 0.1) is 57.2 Å². The van der Waals surface area contributed by atoms with Crippen LogP contribution in [0.1, 0.15) is 128 Å². The van der Waals surface area contributed by atoms with Crippen LogP contribution in [-0.4, -0.2) is 23.8 Å². The van der Waals surface area contributed by atoms with Gasteiger partial charge in [-0.15, -0.1) is 0 Å². The lowest BCUT2D eigenvalue weighted by Crippen LogP contribution is -2.69. The van der Waals surface area contributed by atoms with Crippen molar-refractivity contribution in [3.63, 3.8) is 0 Å². The Kier molecular flexibility index (Phi) is 9.49. The van der Waals surface area contributed by atoms with Gasteiger partial charge in [0.1, 0.15) is 0 Å². The molecule has 1 aromatic heterocycles. The van der Waals surface area contributed by atoms with Crippen molar-refractivity contribution in [1.82, 2.24) is 0 Å². The molecule has 2 aromatic carbocycles. The molecule has 57 heavy (non-hydrogen) atoms. The predicted molar refractivity (Wildman–Crippen MR) is 214 cm³/mol. The molecule has 9 heteroatoms. The smallest absolute Gasteiger partial charge is 0.457 e. The molecule has 3 aromatic rings. The fourth-order valence-electron chi connectivity index (χ4n) is 13.0. The number of aryl methyl sites for hydroxylation is 1. The van der Waals surface area contributed by atoms with Crippen LogP contribution in [0.3, 0.4) is 0 Å². The molecule has 304 valence electrons. The summed E-state index contributed by atoms with van der Waals surface area (Å²) in [5.74, 6) is -1.34. The van der Waals surface area contributed by atoms with Crippen molar-refractivity contribution in [2.45, 2.75) is 125 Å². The highest BCUT2D eigenvalue weighted by atomic mass is 16.6. The summed E-state index contributed by atoms with van der Waals surface area (Å²) in [7, 11) is 0. The average Bonchev–Trinajstić information content (AvgIpc) is 3.52. The zero-order valence-corrected chi connectivity index (χ0v) is 34.7. The molecule has 4 fully saturated rings. The Bertz CT molecular complexity index is 2120. The topological polar surface area (TPSA) is 139 Å². The molecule has 1 heterocycles. The fourth-order valence-corrected chi connectivity index (χ4v) is 13.0. The second-order valence-corrected chi connectivity index (χ2v) is 19.8. The number of carbonyl (C=O) groups is 3. The largest absolute Gasteiger partial charge is 0.519 e. The molecule has 0 amide bonds. The van der Waals surface area contributed by atoms with Crippen molar-refractivity contribution in [1.29, 1.82) is 0 Å². The van der Waals surface area contributed by atoms with Gasteiger partial charge in [-0.05, 0) is 129 Å². The predicted octanol–water partition coefficient (Wildman–Crippen LogP) is 9.21. The van der Waals surface area contributed by atoms with Crippen LogP contribution in [0.2, 0.25) is 0 Å². The lowest BCUT2D eigenvalue weighted by molar-refractivity contribution is -0.203. The third-order valence-corrected chi connectivity index (χ3v) is 16.9. The summed E-state index contributed by atoms with van der Waals surface area (Å²) in [6.45, 7) is 14.7. The van der Waals surface area contributed by atoms with E-state index in [2.05, 4.69) is 34.6 Å². The van der Waals surface area contributed by atoms with Gasteiger partial charge in [0.15, 0.2) is 30.0 Å². The van der Waals surface area contributed by atoms with E-state index in [0.717, 1.165) is 56.1 Å². The quantitative estimate of drug-likeness (QED) is 0.233. The summed E-state index contributed by atoms with van der Waals surface area (Å²) in [5, 5.41) is 0. The van der Waals surface area contributed by atoms with Gasteiger partial charge in [-0.1, -0.05) is 93.9 Å². The molecule has 10 atom stereocenters. The number of carbonyl (C=O) groups excluding carboxylic acids is 3. The van der Waals surface area contributed by atoms with Gasteiger partial charge >= 0.3 is 17.8 Å². The van der Waals surface area contributed by atoms with Crippen LogP contribution >= 0.6 is 0 Å². The highest BCUT2D eigenvalue weighted by Gasteiger charge is 2.72. The van der Waals surface area contributed by atoms with E-state index in [-0.39, 0.29) is 63.9 Å². The molecule has 5 aliphatic carbocycles. The summed E-state index contributed by atoms with van der Waals surface area (Å²) < 4.78 is 22.5. The first-order valence-corrected chi connectivity index (χ1v) is 21.0. The van der Waals surface area contributed by atoms with Gasteiger partial charge in [0, 0.05) is 12.0 Å². The van der Waals surface area contributed by atoms with Crippen LogP contribution in [-0.2, 0) is 30.5 Å². The monoisotopic (exact) mass is 777 g/mol. The van der Waals surface area contributed by atoms with E-state index in [4.69, 9.17) is 24.0 Å². The highest BCUT2D eigenvalue weighted by molar-refractivity contribution is 5.96. The molecular formula is C48H59NO8. The van der Waals surface area contributed by atoms with E-state index in [1.54, 1.807) is 6.92 Å². The fraction of sp³-hybridized carbons (Fsp3) is 0.583. The lowest BCUT2D eigenvalue weighted by atomic mass is 9.33. The molecule has 8 rings (SSSR count). The summed E-state index contributed by atoms with van der Waals surface area (Å²) >= 11 is 0. The number of rotatable bonds is 7. The number of hydrogen-bond acceptors (Lipinski definition) is 9. The Labute approximate surface area is 336 Å². The maximum Gasteiger partial charge on any atom is 0.519 e. The van der Waals surface area contributed by atoms with Crippen molar-refractivity contribution in [3.8, 4) is 0 Å². The molecule has 9 nitrogen and oxygen atoms in total. The standard InChI is InChI=1S/C48H59NO8/c1-29-35(56-42(53)55-29)28-54-41(52)48(7)36-18-21-47(6)39(45(36,4)20-19-37(48)49)34(50)26-32-33-27-44(3,23-22-43(33,2)24-25-46(32,47)5)40(51)57-38(30-14-10-8-11-15-30)31-16-12-9-13-17-31/h8-17,26,33,36-39H,18-25,27-28,49H2,1-7H3/t33-,36+,37-,39?,43+,44-,45-,46+,47+,48-/m0/s1. The molecule has 5 aliphatic rings. The molecule has 4 saturated carbocycles. The zero-order valence-electron chi connectivity index (χ0n) is 34.7. The number of hydrogen-bond donors (Lipinski definition) is 1. The van der Waals surface area contributed by atoms with Crippen molar-refractivity contribution in [2.75, 3.05) is 0 Å². The normalized spacial score (nSPS) is 38.5. The summed E-state index contributed by atoms with van der Waals surface area (Å²) in [4.78, 5) is 55.5. The Morgan fingerprint density at radius 2 is 1.44 bits per heavy atom. The molecule has 0 saturated heterocycles. The van der Waals surface area contributed by atoms with E-state index in [9.17, 15) is 14.4 Å². The number of ether oxygens (including phenoxy) is 2. The Morgan fingerprint density at radius 1 is 0.807 bits per heavy atom. The minimum absolute atomic E-state index is 0.0413. The SMILES string of the molecule is Cc1oc(=O)oc1COC(=O)[C@]1(C)[C@@H](N)CC[C@]2(C)C3C(=O)C=C4[C@@H]5C[C@@](C)(C(=O)OC(c6ccccc6)c6ccccc6)CC[C@]5(C)CC[C@@]4(C)[C@]3(C)CC[C@@H]12. The number of ketones is 1. The first kappa shape index (κ1) is 39.6. The van der Waals surface area contributed by atoms with Crippen LogP contribution < -0.4 is 11.6 Å². The molecule has 0 spiro atoms. The maximum absolute atomic E-state index is 15.1. The van der Waals surface area contributed by atoms with E-state index >= 15 is 4.79 Å². The Balaban J connectivity index is 1.10. The van der Waals surface area contributed by atoms with Crippen molar-refractivity contribution in [2.24, 2.45) is 56.0 Å². The maximum atomic E-state index is 15.1. The van der Waals surface area contributed by atoms with E-state index in [0.29, 0.717) is 12.8 Å². The van der Waals surface area contributed by atoms with Gasteiger partial charge in [-0.3, -0.25) is 14.4 Å². The zero-order chi connectivity index (χ0) is 40.8. The van der Waals surface area contributed by atoms with Crippen molar-refractivity contribution >= 4 is 17.7 Å². The number of benzene rings is 2. The van der Waals surface area contributed by atoms with E-state index in [1.807, 2.05) is 73.7 Å². The second-order valence-electron chi connectivity index (χ2n) is 19.8. The average molecular weight is 778 g/mol. The molecule has 1 unspecified atom stereocenters. The minimum Gasteiger partial charge on any atom is -0.457 e. The molecular weight excluding hydrogens is 719 g/mol. The van der Waals surface area contributed by atoms with Gasteiger partial charge in [0.2, 0.25) is 0 Å². The van der Waals surface area contributed by atoms with Gasteiger partial charge < -0.3 is 24.0 Å². The Morgan fingerprint density at radius 3 is 2.05 bits per heavy atom. The van der Waals surface area contributed by atoms with Gasteiger partial charge in [0.05, 0.1) is 10.8 Å². The van der Waals surface area contributed by atoms with Gasteiger partial charge in [-0.25, -0.2) is 4.79 Å². The molecule has 0 radical (unpaired) electrons. The van der Waals surface area contributed by atoms with Crippen LogP contribution in [0.5, 0.6) is 0 Å². The van der Waals surface area contributed by atoms with Crippen LogP contribution in [0.15, 0.2) is 85.9 Å². The Hall–Kier alpha value is -4.24. The summed E-state index contributed by atoms with van der Waals surface area (Å²) in [5.41, 5.74) is 6.95. The van der Waals surface area contributed by atoms with Crippen molar-refractivity contribution in [3.05, 3.63) is 106 Å². The molecule has 0 bridgehead atoms. The first-order valence-electron chi connectivity index (χ1n) is 21.0. The van der Waals surface area contributed by atoms with Gasteiger partial charge in [-0.2, -0.15) is 0 Å². The van der Waals surface area contributed by atoms with Crippen LogP contribution in [0.4, 0.5) is 0 Å². The van der Waals surface area contributed by atoms with E-state index < -0.39 is 40.2 Å². The summed E-state index contributed by atoms with van der Waals surface area (Å²) in [6, 6.07) is 19.4. The number of nitrogens with two attached hydrogens (primary N) is 1. The number of esters is 2. The summed E-state index contributed by atoms with van der Waals surface area (Å²) in [6.07, 6.45) is 8.50. The second kappa shape index (κ2) is 13.7. The van der Waals surface area contributed by atoms with E-state index in [1.165, 1.54) is 5.57 Å². The number of fused-ring (bicyclic) bond motifs is 7.